The molecule has 6 heteroatoms. The van der Waals surface area contributed by atoms with Crippen molar-refractivity contribution in [3.05, 3.63) is 0 Å². The van der Waals surface area contributed by atoms with Crippen molar-refractivity contribution < 1.29 is 98.9 Å². The Morgan fingerprint density at radius 3 is 1.00 bits per heavy atom. The fourth-order valence-electron chi connectivity index (χ4n) is 0. The van der Waals surface area contributed by atoms with Crippen LogP contribution in [-0.2, 0) is 98.9 Å². The molecule has 0 spiro atoms. The minimum absolute atomic E-state index is 0. The van der Waals surface area contributed by atoms with Gasteiger partial charge in [0.15, 0.2) is 0 Å². The summed E-state index contributed by atoms with van der Waals surface area (Å²) in [4.78, 5) is 0. The van der Waals surface area contributed by atoms with Crippen molar-refractivity contribution in [2.24, 2.45) is 0 Å². The zero-order valence-corrected chi connectivity index (χ0v) is 10.8. The summed E-state index contributed by atoms with van der Waals surface area (Å²) in [6.07, 6.45) is 0. The van der Waals surface area contributed by atoms with Crippen molar-refractivity contribution in [2.45, 2.75) is 0 Å². The van der Waals surface area contributed by atoms with Gasteiger partial charge in [0, 0.05) is 98.9 Å². The van der Waals surface area contributed by atoms with Crippen molar-refractivity contribution >= 4 is 8.41 Å². The van der Waals surface area contributed by atoms with Gasteiger partial charge in [-0.25, -0.2) is 0 Å². The van der Waals surface area contributed by atoms with Crippen LogP contribution in [0.2, 0.25) is 0 Å². The van der Waals surface area contributed by atoms with Crippen LogP contribution < -0.4 is 0 Å². The molecule has 0 nitrogen and oxygen atoms in total. The number of rotatable bonds is 0. The first-order valence-corrected chi connectivity index (χ1v) is 0. The van der Waals surface area contributed by atoms with Crippen molar-refractivity contribution in [3.8, 4) is 0 Å². The molecule has 0 saturated heterocycles. The van der Waals surface area contributed by atoms with E-state index in [0.717, 1.165) is 0 Å². The standard InChI is InChI=1S/BH3.Co.Fe.Ni.Ta.Zr/h1H3;;;;;. The van der Waals surface area contributed by atoms with E-state index >= 15 is 0 Å². The third kappa shape index (κ3) is 27.0. The molecule has 0 saturated carbocycles. The molecule has 0 heterocycles. The van der Waals surface area contributed by atoms with Crippen LogP contribution in [-0.4, -0.2) is 8.41 Å². The van der Waals surface area contributed by atoms with E-state index in [-0.39, 0.29) is 107 Å². The van der Waals surface area contributed by atoms with Gasteiger partial charge in [-0.2, -0.15) is 0 Å². The van der Waals surface area contributed by atoms with E-state index in [2.05, 4.69) is 0 Å². The summed E-state index contributed by atoms with van der Waals surface area (Å²) in [6, 6.07) is 0. The number of hydrogen-bond acceptors (Lipinski definition) is 0. The molecule has 0 atom stereocenters. The summed E-state index contributed by atoms with van der Waals surface area (Å²) in [5.41, 5.74) is 0. The van der Waals surface area contributed by atoms with Gasteiger partial charge in [-0.1, -0.05) is 0 Å². The van der Waals surface area contributed by atoms with E-state index in [0.29, 0.717) is 0 Å². The van der Waals surface area contributed by atoms with Crippen molar-refractivity contribution in [2.75, 3.05) is 0 Å². The van der Waals surface area contributed by atoms with Gasteiger partial charge in [0.2, 0.25) is 0 Å². The van der Waals surface area contributed by atoms with E-state index < -0.39 is 0 Å². The molecule has 0 aliphatic carbocycles. The topological polar surface area (TPSA) is 0 Å². The first-order valence-electron chi connectivity index (χ1n) is 0. The molecule has 42 valence electrons. The summed E-state index contributed by atoms with van der Waals surface area (Å²) in [5, 5.41) is 0. The fraction of sp³-hybridized carbons (Fsp3) is 0. The first kappa shape index (κ1) is 60.3. The Balaban J connectivity index is 0. The molecular formula is H3BCoFeNiTaZr. The van der Waals surface area contributed by atoms with Gasteiger partial charge in [0.05, 0.1) is 8.41 Å². The third-order valence-corrected chi connectivity index (χ3v) is 0. The largest absolute Gasteiger partial charge is 0.0814 e. The van der Waals surface area contributed by atoms with E-state index in [9.17, 15) is 0 Å². The Morgan fingerprint density at radius 1 is 1.00 bits per heavy atom. The summed E-state index contributed by atoms with van der Waals surface area (Å²) in [5.74, 6) is 0. The molecule has 0 unspecified atom stereocenters. The Kier molecular flexibility index (Phi) is 416. The Bertz CT molecular complexity index is 15.5. The molecule has 0 aromatic rings. The minimum Gasteiger partial charge on any atom is 0 e. The summed E-state index contributed by atoms with van der Waals surface area (Å²) in [6.45, 7) is 0. The summed E-state index contributed by atoms with van der Waals surface area (Å²) >= 11 is 0. The smallest absolute Gasteiger partial charge is 0 e. The molecule has 0 amide bonds. The van der Waals surface area contributed by atoms with Crippen LogP contribution in [0.25, 0.3) is 0 Å². The van der Waals surface area contributed by atoms with Crippen LogP contribution in [0.15, 0.2) is 0 Å². The Hall–Kier alpha value is 3.21. The first-order chi connectivity index (χ1) is 0. The molecule has 0 aliphatic rings. The zero-order valence-electron chi connectivity index (χ0n) is 1.95. The maximum atomic E-state index is 0. The van der Waals surface area contributed by atoms with Crippen LogP contribution >= 0.6 is 0 Å². The molecule has 0 aromatic carbocycles. The second kappa shape index (κ2) is 41.4. The maximum Gasteiger partial charge on any atom is 0.0814 e. The van der Waals surface area contributed by atoms with Crippen LogP contribution in [0, 0.1) is 0 Å². The molecule has 0 N–H and O–H groups in total. The molecule has 0 aromatic heterocycles. The van der Waals surface area contributed by atoms with Gasteiger partial charge >= 0.3 is 0 Å². The van der Waals surface area contributed by atoms with Crippen molar-refractivity contribution in [1.82, 2.24) is 0 Å². The van der Waals surface area contributed by atoms with Gasteiger partial charge in [-0.05, 0) is 0 Å². The second-order valence-electron chi connectivity index (χ2n) is 0. The number of hydrogen-bond donors (Lipinski definition) is 0. The monoisotopic (exact) mass is 458 g/mol. The van der Waals surface area contributed by atoms with Gasteiger partial charge in [-0.15, -0.1) is 0 Å². The van der Waals surface area contributed by atoms with E-state index in [1.807, 2.05) is 0 Å². The second-order valence-corrected chi connectivity index (χ2v) is 0. The molecule has 2 radical (unpaired) electrons. The molecule has 6 heavy (non-hydrogen) atoms. The van der Waals surface area contributed by atoms with Gasteiger partial charge in [-0.3, -0.25) is 0 Å². The van der Waals surface area contributed by atoms with E-state index in [4.69, 9.17) is 0 Å². The average Bonchev–Trinajstić information content (AvgIpc) is 0. The third-order valence-electron chi connectivity index (χ3n) is 0. The molecule has 0 rings (SSSR count). The zero-order chi connectivity index (χ0) is 0. The fourth-order valence-corrected chi connectivity index (χ4v) is 0. The molecule has 0 fully saturated rings. The maximum absolute atomic E-state index is 0. The van der Waals surface area contributed by atoms with Gasteiger partial charge < -0.3 is 0 Å². The normalized spacial score (nSPS) is 0. The van der Waals surface area contributed by atoms with Crippen LogP contribution in [0.3, 0.4) is 0 Å². The van der Waals surface area contributed by atoms with Gasteiger partial charge in [0.1, 0.15) is 0 Å². The minimum atomic E-state index is 0. The van der Waals surface area contributed by atoms with Crippen molar-refractivity contribution in [3.63, 3.8) is 0 Å². The summed E-state index contributed by atoms with van der Waals surface area (Å²) < 4.78 is 0. The predicted octanol–water partition coefficient (Wildman–Crippen LogP) is -1.20. The van der Waals surface area contributed by atoms with Crippen LogP contribution in [0.4, 0.5) is 0 Å². The van der Waals surface area contributed by atoms with Gasteiger partial charge in [0.25, 0.3) is 0 Å². The summed E-state index contributed by atoms with van der Waals surface area (Å²) in [7, 11) is 0. The Labute approximate surface area is 106 Å². The SMILES string of the molecule is B.[Co].[Fe].[Ni].[Ta].[Zr]. The van der Waals surface area contributed by atoms with Crippen LogP contribution in [0.5, 0.6) is 0 Å². The van der Waals surface area contributed by atoms with Crippen LogP contribution in [0.1, 0.15) is 0 Å². The van der Waals surface area contributed by atoms with Crippen molar-refractivity contribution in [1.29, 1.82) is 0 Å². The Morgan fingerprint density at radius 2 is 1.00 bits per heavy atom. The predicted molar refractivity (Wildman–Crippen MR) is 9.94 cm³/mol. The molecule has 0 aliphatic heterocycles. The van der Waals surface area contributed by atoms with E-state index in [1.54, 1.807) is 0 Å². The average molecular weight is 459 g/mol. The molecular weight excluding hydrogens is 456 g/mol. The quantitative estimate of drug-likeness (QED) is 0.400. The van der Waals surface area contributed by atoms with E-state index in [1.165, 1.54) is 0 Å². The molecule has 0 bridgehead atoms.